The van der Waals surface area contributed by atoms with Crippen LogP contribution in [0.1, 0.15) is 24.3 Å². The Morgan fingerprint density at radius 2 is 2.07 bits per heavy atom. The number of anilines is 1. The summed E-state index contributed by atoms with van der Waals surface area (Å²) in [5, 5.41) is 1.09. The second-order valence-corrected chi connectivity index (χ2v) is 3.92. The van der Waals surface area contributed by atoms with Gasteiger partial charge in [-0.25, -0.2) is 0 Å². The van der Waals surface area contributed by atoms with E-state index in [-0.39, 0.29) is 0 Å². The van der Waals surface area contributed by atoms with Gasteiger partial charge in [0.05, 0.1) is 5.52 Å². The molecule has 1 saturated carbocycles. The molecular formula is C12H12N2. The third-order valence-electron chi connectivity index (χ3n) is 2.85. The molecular weight excluding hydrogens is 172 g/mol. The number of aromatic nitrogens is 1. The van der Waals surface area contributed by atoms with E-state index >= 15 is 0 Å². The average Bonchev–Trinajstić information content (AvgIpc) is 3.03. The standard InChI is InChI=1S/C12H12N2/c13-11-6-5-9(8-3-4-8)12-10(11)2-1-7-14-12/h1-2,5-8H,3-4,13H2. The first kappa shape index (κ1) is 7.80. The van der Waals surface area contributed by atoms with Crippen molar-refractivity contribution >= 4 is 16.6 Å². The average molecular weight is 184 g/mol. The minimum Gasteiger partial charge on any atom is -0.398 e. The van der Waals surface area contributed by atoms with Crippen LogP contribution in [0.25, 0.3) is 10.9 Å². The van der Waals surface area contributed by atoms with Gasteiger partial charge in [-0.05, 0) is 42.5 Å². The topological polar surface area (TPSA) is 38.9 Å². The van der Waals surface area contributed by atoms with Crippen LogP contribution >= 0.6 is 0 Å². The molecule has 1 aliphatic carbocycles. The van der Waals surface area contributed by atoms with E-state index < -0.39 is 0 Å². The fraction of sp³-hybridized carbons (Fsp3) is 0.250. The summed E-state index contributed by atoms with van der Waals surface area (Å²) in [5.74, 6) is 0.730. The first-order chi connectivity index (χ1) is 6.86. The molecule has 0 spiro atoms. The van der Waals surface area contributed by atoms with Gasteiger partial charge in [0.15, 0.2) is 0 Å². The number of pyridine rings is 1. The zero-order chi connectivity index (χ0) is 9.54. The molecule has 14 heavy (non-hydrogen) atoms. The Labute approximate surface area is 82.8 Å². The van der Waals surface area contributed by atoms with E-state index in [2.05, 4.69) is 11.1 Å². The number of fused-ring (bicyclic) bond motifs is 1. The molecule has 1 aromatic carbocycles. The van der Waals surface area contributed by atoms with E-state index in [1.54, 1.807) is 0 Å². The monoisotopic (exact) mass is 184 g/mol. The van der Waals surface area contributed by atoms with Crippen molar-refractivity contribution in [3.8, 4) is 0 Å². The lowest BCUT2D eigenvalue weighted by Gasteiger charge is -2.06. The summed E-state index contributed by atoms with van der Waals surface area (Å²) in [6.45, 7) is 0. The van der Waals surface area contributed by atoms with E-state index in [1.807, 2.05) is 24.4 Å². The summed E-state index contributed by atoms with van der Waals surface area (Å²) in [6, 6.07) is 8.11. The van der Waals surface area contributed by atoms with Gasteiger partial charge in [0.25, 0.3) is 0 Å². The highest BCUT2D eigenvalue weighted by atomic mass is 14.7. The second-order valence-electron chi connectivity index (χ2n) is 3.92. The molecule has 0 unspecified atom stereocenters. The molecule has 2 aromatic rings. The first-order valence-electron chi connectivity index (χ1n) is 4.99. The maximum atomic E-state index is 5.91. The lowest BCUT2D eigenvalue weighted by atomic mass is 10.0. The van der Waals surface area contributed by atoms with Gasteiger partial charge in [0.1, 0.15) is 0 Å². The predicted molar refractivity (Wildman–Crippen MR) is 58.1 cm³/mol. The minimum atomic E-state index is 0.730. The summed E-state index contributed by atoms with van der Waals surface area (Å²) in [7, 11) is 0. The Morgan fingerprint density at radius 1 is 1.21 bits per heavy atom. The van der Waals surface area contributed by atoms with Crippen LogP contribution < -0.4 is 5.73 Å². The molecule has 1 aromatic heterocycles. The molecule has 0 atom stereocenters. The summed E-state index contributed by atoms with van der Waals surface area (Å²) >= 11 is 0. The molecule has 2 N–H and O–H groups in total. The molecule has 0 radical (unpaired) electrons. The summed E-state index contributed by atoms with van der Waals surface area (Å²) in [5.41, 5.74) is 9.20. The lowest BCUT2D eigenvalue weighted by molar-refractivity contribution is 1.14. The lowest BCUT2D eigenvalue weighted by Crippen LogP contribution is -1.92. The fourth-order valence-electron chi connectivity index (χ4n) is 1.94. The number of hydrogen-bond acceptors (Lipinski definition) is 2. The zero-order valence-corrected chi connectivity index (χ0v) is 7.90. The van der Waals surface area contributed by atoms with Gasteiger partial charge in [0, 0.05) is 17.3 Å². The SMILES string of the molecule is Nc1ccc(C2CC2)c2ncccc12. The third kappa shape index (κ3) is 1.07. The van der Waals surface area contributed by atoms with E-state index in [0.717, 1.165) is 22.5 Å². The van der Waals surface area contributed by atoms with Gasteiger partial charge in [-0.3, -0.25) is 4.98 Å². The highest BCUT2D eigenvalue weighted by molar-refractivity contribution is 5.92. The molecule has 2 nitrogen and oxygen atoms in total. The highest BCUT2D eigenvalue weighted by Crippen LogP contribution is 2.43. The van der Waals surface area contributed by atoms with Crippen LogP contribution in [0, 0.1) is 0 Å². The van der Waals surface area contributed by atoms with Gasteiger partial charge < -0.3 is 5.73 Å². The number of benzene rings is 1. The maximum Gasteiger partial charge on any atom is 0.0757 e. The van der Waals surface area contributed by atoms with Crippen LogP contribution in [-0.2, 0) is 0 Å². The van der Waals surface area contributed by atoms with Crippen molar-refractivity contribution in [2.45, 2.75) is 18.8 Å². The minimum absolute atomic E-state index is 0.730. The number of nitrogens with zero attached hydrogens (tertiary/aromatic N) is 1. The predicted octanol–water partition coefficient (Wildman–Crippen LogP) is 2.69. The molecule has 1 heterocycles. The van der Waals surface area contributed by atoms with Gasteiger partial charge in [-0.2, -0.15) is 0 Å². The second kappa shape index (κ2) is 2.71. The van der Waals surface area contributed by atoms with Crippen molar-refractivity contribution in [2.24, 2.45) is 0 Å². The molecule has 1 fully saturated rings. The van der Waals surface area contributed by atoms with Gasteiger partial charge in [0.2, 0.25) is 0 Å². The Morgan fingerprint density at radius 3 is 2.86 bits per heavy atom. The third-order valence-corrected chi connectivity index (χ3v) is 2.85. The summed E-state index contributed by atoms with van der Waals surface area (Å²) < 4.78 is 0. The summed E-state index contributed by atoms with van der Waals surface area (Å²) in [6.07, 6.45) is 4.44. The largest absolute Gasteiger partial charge is 0.398 e. The van der Waals surface area contributed by atoms with Crippen LogP contribution in [0.15, 0.2) is 30.5 Å². The van der Waals surface area contributed by atoms with E-state index in [0.29, 0.717) is 0 Å². The molecule has 3 rings (SSSR count). The molecule has 2 heteroatoms. The molecule has 0 aliphatic heterocycles. The highest BCUT2D eigenvalue weighted by Gasteiger charge is 2.25. The maximum absolute atomic E-state index is 5.91. The van der Waals surface area contributed by atoms with Gasteiger partial charge in [-0.15, -0.1) is 0 Å². The van der Waals surface area contributed by atoms with Gasteiger partial charge >= 0.3 is 0 Å². The van der Waals surface area contributed by atoms with Gasteiger partial charge in [-0.1, -0.05) is 6.07 Å². The Kier molecular flexibility index (Phi) is 1.51. The van der Waals surface area contributed by atoms with Crippen molar-refractivity contribution < 1.29 is 0 Å². The molecule has 0 saturated heterocycles. The van der Waals surface area contributed by atoms with Crippen molar-refractivity contribution in [2.75, 3.05) is 5.73 Å². The van der Waals surface area contributed by atoms with Crippen molar-refractivity contribution in [1.29, 1.82) is 0 Å². The van der Waals surface area contributed by atoms with Crippen LogP contribution in [-0.4, -0.2) is 4.98 Å². The van der Waals surface area contributed by atoms with Crippen LogP contribution in [0.4, 0.5) is 5.69 Å². The Balaban J connectivity index is 2.35. The van der Waals surface area contributed by atoms with Crippen molar-refractivity contribution in [3.05, 3.63) is 36.0 Å². The zero-order valence-electron chi connectivity index (χ0n) is 7.90. The van der Waals surface area contributed by atoms with E-state index in [9.17, 15) is 0 Å². The molecule has 70 valence electrons. The number of nitrogens with two attached hydrogens (primary N) is 1. The first-order valence-corrected chi connectivity index (χ1v) is 4.99. The fourth-order valence-corrected chi connectivity index (χ4v) is 1.94. The van der Waals surface area contributed by atoms with E-state index in [1.165, 1.54) is 18.4 Å². The van der Waals surface area contributed by atoms with E-state index in [4.69, 9.17) is 5.73 Å². The van der Waals surface area contributed by atoms with Crippen LogP contribution in [0.5, 0.6) is 0 Å². The molecule has 0 bridgehead atoms. The summed E-state index contributed by atoms with van der Waals surface area (Å²) in [4.78, 5) is 4.42. The quantitative estimate of drug-likeness (QED) is 0.692. The van der Waals surface area contributed by atoms with Crippen LogP contribution in [0.2, 0.25) is 0 Å². The Bertz CT molecular complexity index is 487. The smallest absolute Gasteiger partial charge is 0.0757 e. The molecule has 1 aliphatic rings. The normalized spacial score (nSPS) is 16.0. The van der Waals surface area contributed by atoms with Crippen LogP contribution in [0.3, 0.4) is 0 Å². The Hall–Kier alpha value is -1.57. The van der Waals surface area contributed by atoms with Crippen molar-refractivity contribution in [3.63, 3.8) is 0 Å². The number of nitrogen functional groups attached to an aromatic ring is 1. The molecule has 0 amide bonds. The number of rotatable bonds is 1. The van der Waals surface area contributed by atoms with Crippen molar-refractivity contribution in [1.82, 2.24) is 4.98 Å². The number of hydrogen-bond donors (Lipinski definition) is 1.